The maximum atomic E-state index is 12.8. The van der Waals surface area contributed by atoms with Gasteiger partial charge >= 0.3 is 5.97 Å². The van der Waals surface area contributed by atoms with Gasteiger partial charge in [-0.15, -0.1) is 0 Å². The van der Waals surface area contributed by atoms with Crippen molar-refractivity contribution < 1.29 is 23.9 Å². The minimum absolute atomic E-state index is 0.180. The number of rotatable bonds is 6. The molecule has 32 heavy (non-hydrogen) atoms. The zero-order valence-electron chi connectivity index (χ0n) is 18.0. The van der Waals surface area contributed by atoms with Crippen LogP contribution in [0.1, 0.15) is 48.5 Å². The van der Waals surface area contributed by atoms with Gasteiger partial charge in [-0.1, -0.05) is 44.0 Å². The van der Waals surface area contributed by atoms with E-state index in [2.05, 4.69) is 5.32 Å². The highest BCUT2D eigenvalue weighted by molar-refractivity contribution is 6.22. The fourth-order valence-electron chi connectivity index (χ4n) is 4.54. The van der Waals surface area contributed by atoms with Gasteiger partial charge in [0.15, 0.2) is 6.61 Å². The molecule has 2 atom stereocenters. The molecule has 1 saturated heterocycles. The summed E-state index contributed by atoms with van der Waals surface area (Å²) in [4.78, 5) is 51.6. The molecule has 2 aliphatic rings. The van der Waals surface area contributed by atoms with Crippen LogP contribution in [0.25, 0.3) is 0 Å². The molecule has 1 aliphatic carbocycles. The predicted octanol–water partition coefficient (Wildman–Crippen LogP) is 3.72. The van der Waals surface area contributed by atoms with E-state index in [1.165, 1.54) is 17.0 Å². The number of amides is 3. The van der Waals surface area contributed by atoms with Crippen LogP contribution in [0.15, 0.2) is 48.5 Å². The Morgan fingerprint density at radius 1 is 1.00 bits per heavy atom. The number of carbonyl (C=O) groups excluding carboxylic acids is 4. The van der Waals surface area contributed by atoms with Crippen molar-refractivity contribution in [2.45, 2.75) is 39.0 Å². The Kier molecular flexibility index (Phi) is 6.35. The van der Waals surface area contributed by atoms with Crippen molar-refractivity contribution >= 4 is 35.1 Å². The highest BCUT2D eigenvalue weighted by Crippen LogP contribution is 2.40. The van der Waals surface area contributed by atoms with E-state index in [0.717, 1.165) is 37.7 Å². The van der Waals surface area contributed by atoms with E-state index in [1.54, 1.807) is 18.2 Å². The minimum Gasteiger partial charge on any atom is -0.452 e. The van der Waals surface area contributed by atoms with E-state index in [0.29, 0.717) is 11.4 Å². The molecule has 4 rings (SSSR count). The number of fused-ring (bicyclic) bond motifs is 1. The van der Waals surface area contributed by atoms with E-state index >= 15 is 0 Å². The number of imide groups is 1. The molecule has 3 amide bonds. The molecule has 0 aromatic heterocycles. The van der Waals surface area contributed by atoms with E-state index < -0.39 is 18.5 Å². The molecule has 1 aliphatic heterocycles. The number of para-hydroxylation sites is 1. The van der Waals surface area contributed by atoms with Gasteiger partial charge in [0.05, 0.1) is 23.1 Å². The van der Waals surface area contributed by atoms with Crippen LogP contribution < -0.4 is 10.2 Å². The summed E-state index contributed by atoms with van der Waals surface area (Å²) in [7, 11) is 0. The van der Waals surface area contributed by atoms with Gasteiger partial charge in [-0.2, -0.15) is 0 Å². The fourth-order valence-corrected chi connectivity index (χ4v) is 4.54. The Bertz CT molecular complexity index is 1040. The van der Waals surface area contributed by atoms with Crippen molar-refractivity contribution in [2.24, 2.45) is 11.8 Å². The van der Waals surface area contributed by atoms with Crippen LogP contribution in [0.2, 0.25) is 0 Å². The van der Waals surface area contributed by atoms with Crippen LogP contribution in [0.3, 0.4) is 0 Å². The number of ether oxygens (including phenoxy) is 1. The molecule has 2 fully saturated rings. The molecule has 1 heterocycles. The first-order valence-electron chi connectivity index (χ1n) is 11.0. The van der Waals surface area contributed by atoms with Gasteiger partial charge in [0.1, 0.15) is 0 Å². The van der Waals surface area contributed by atoms with E-state index in [1.807, 2.05) is 25.1 Å². The second-order valence-electron chi connectivity index (χ2n) is 8.19. The summed E-state index contributed by atoms with van der Waals surface area (Å²) in [5.41, 5.74) is 2.22. The molecule has 2 aromatic carbocycles. The van der Waals surface area contributed by atoms with Crippen molar-refractivity contribution in [3.8, 4) is 0 Å². The lowest BCUT2D eigenvalue weighted by molar-refractivity contribution is -0.122. The Hall–Kier alpha value is -3.48. The highest BCUT2D eigenvalue weighted by Gasteiger charge is 2.48. The molecule has 0 radical (unpaired) electrons. The van der Waals surface area contributed by atoms with Gasteiger partial charge in [0.2, 0.25) is 11.8 Å². The Labute approximate surface area is 186 Å². The van der Waals surface area contributed by atoms with Gasteiger partial charge in [0.25, 0.3) is 5.91 Å². The van der Waals surface area contributed by atoms with E-state index in [-0.39, 0.29) is 29.2 Å². The maximum absolute atomic E-state index is 12.8. The topological polar surface area (TPSA) is 92.8 Å². The van der Waals surface area contributed by atoms with Crippen molar-refractivity contribution in [2.75, 3.05) is 16.8 Å². The van der Waals surface area contributed by atoms with Crippen LogP contribution in [0.4, 0.5) is 11.4 Å². The summed E-state index contributed by atoms with van der Waals surface area (Å²) in [5, 5.41) is 2.75. The van der Waals surface area contributed by atoms with Crippen molar-refractivity contribution in [1.82, 2.24) is 0 Å². The number of esters is 1. The Morgan fingerprint density at radius 2 is 1.69 bits per heavy atom. The second-order valence-corrected chi connectivity index (χ2v) is 8.19. The molecule has 166 valence electrons. The molecule has 0 bridgehead atoms. The highest BCUT2D eigenvalue weighted by atomic mass is 16.5. The lowest BCUT2D eigenvalue weighted by atomic mass is 9.81. The first-order chi connectivity index (χ1) is 15.5. The zero-order valence-corrected chi connectivity index (χ0v) is 18.0. The SMILES string of the molecule is CCc1ccccc1NC(=O)COC(=O)c1cccc(N2C(=O)[C@@H]3CCCC[C@H]3C2=O)c1. The molecular formula is C25H26N2O5. The van der Waals surface area contributed by atoms with Crippen molar-refractivity contribution in [3.63, 3.8) is 0 Å². The third-order valence-electron chi connectivity index (χ3n) is 6.19. The molecule has 0 spiro atoms. The fraction of sp³-hybridized carbons (Fsp3) is 0.360. The minimum atomic E-state index is -0.692. The van der Waals surface area contributed by atoms with Gasteiger partial charge < -0.3 is 10.1 Å². The van der Waals surface area contributed by atoms with Crippen LogP contribution >= 0.6 is 0 Å². The average molecular weight is 434 g/mol. The lowest BCUT2D eigenvalue weighted by Gasteiger charge is -2.19. The summed E-state index contributed by atoms with van der Waals surface area (Å²) in [6.07, 6.45) is 4.11. The molecule has 1 saturated carbocycles. The van der Waals surface area contributed by atoms with Crippen molar-refractivity contribution in [1.29, 1.82) is 0 Å². The maximum Gasteiger partial charge on any atom is 0.338 e. The average Bonchev–Trinajstić information content (AvgIpc) is 3.08. The van der Waals surface area contributed by atoms with Crippen LogP contribution in [0, 0.1) is 11.8 Å². The number of hydrogen-bond donors (Lipinski definition) is 1. The monoisotopic (exact) mass is 434 g/mol. The summed E-state index contributed by atoms with van der Waals surface area (Å²) >= 11 is 0. The van der Waals surface area contributed by atoms with Crippen molar-refractivity contribution in [3.05, 3.63) is 59.7 Å². The summed E-state index contributed by atoms with van der Waals surface area (Å²) in [6, 6.07) is 13.7. The lowest BCUT2D eigenvalue weighted by Crippen LogP contribution is -2.31. The van der Waals surface area contributed by atoms with Gasteiger partial charge in [-0.05, 0) is 49.1 Å². The number of aryl methyl sites for hydroxylation is 1. The third kappa shape index (κ3) is 4.28. The Morgan fingerprint density at radius 3 is 2.38 bits per heavy atom. The molecule has 7 nitrogen and oxygen atoms in total. The summed E-state index contributed by atoms with van der Waals surface area (Å²) < 4.78 is 5.16. The van der Waals surface area contributed by atoms with E-state index in [9.17, 15) is 19.2 Å². The summed E-state index contributed by atoms with van der Waals surface area (Å²) in [6.45, 7) is 1.55. The molecule has 7 heteroatoms. The van der Waals surface area contributed by atoms with Gasteiger partial charge in [-0.25, -0.2) is 4.79 Å². The largest absolute Gasteiger partial charge is 0.452 e. The number of nitrogens with one attached hydrogen (secondary N) is 1. The third-order valence-corrected chi connectivity index (χ3v) is 6.19. The van der Waals surface area contributed by atoms with Crippen LogP contribution in [0.5, 0.6) is 0 Å². The van der Waals surface area contributed by atoms with Crippen LogP contribution in [-0.4, -0.2) is 30.3 Å². The first kappa shape index (κ1) is 21.7. The second kappa shape index (κ2) is 9.34. The smallest absolute Gasteiger partial charge is 0.338 e. The van der Waals surface area contributed by atoms with Gasteiger partial charge in [-0.3, -0.25) is 19.3 Å². The summed E-state index contributed by atoms with van der Waals surface area (Å²) in [5.74, 6) is -2.05. The number of benzene rings is 2. The molecule has 2 aromatic rings. The standard InChI is InChI=1S/C25H26N2O5/c1-2-16-8-3-6-13-21(16)26-22(28)15-32-25(31)17-9-7-10-18(14-17)27-23(29)19-11-4-5-12-20(19)24(27)30/h3,6-10,13-14,19-20H,2,4-5,11-12,15H2,1H3,(H,26,28)/t19-,20-/m1/s1. The Balaban J connectivity index is 1.41. The van der Waals surface area contributed by atoms with Gasteiger partial charge in [0, 0.05) is 5.69 Å². The first-order valence-corrected chi connectivity index (χ1v) is 11.0. The van der Waals surface area contributed by atoms with E-state index in [4.69, 9.17) is 4.74 Å². The molecular weight excluding hydrogens is 408 g/mol. The molecule has 1 N–H and O–H groups in total. The number of hydrogen-bond acceptors (Lipinski definition) is 5. The number of nitrogens with zero attached hydrogens (tertiary/aromatic N) is 1. The van der Waals surface area contributed by atoms with Crippen LogP contribution in [-0.2, 0) is 25.5 Å². The molecule has 0 unspecified atom stereocenters. The zero-order chi connectivity index (χ0) is 22.7. The quantitative estimate of drug-likeness (QED) is 0.553. The number of carbonyl (C=O) groups is 4. The predicted molar refractivity (Wildman–Crippen MR) is 119 cm³/mol. The normalized spacial score (nSPS) is 20.1. The number of anilines is 2.